The lowest BCUT2D eigenvalue weighted by atomic mass is 10.5. The van der Waals surface area contributed by atoms with Gasteiger partial charge >= 0.3 is 15.5 Å². The lowest BCUT2D eigenvalue weighted by molar-refractivity contribution is -0.137. The molecule has 0 aliphatic rings. The van der Waals surface area contributed by atoms with Crippen molar-refractivity contribution in [3.63, 3.8) is 0 Å². The van der Waals surface area contributed by atoms with Gasteiger partial charge in [0.05, 0.1) is 6.61 Å². The van der Waals surface area contributed by atoms with Crippen LogP contribution in [-0.2, 0) is 22.8 Å². The Morgan fingerprint density at radius 1 is 1.16 bits per heavy atom. The monoisotopic (exact) mass is 294 g/mol. The summed E-state index contributed by atoms with van der Waals surface area (Å²) >= 11 is 0. The molecule has 0 amide bonds. The van der Waals surface area contributed by atoms with E-state index < -0.39 is 15.5 Å². The molecule has 0 aliphatic heterocycles. The van der Waals surface area contributed by atoms with Gasteiger partial charge in [-0.15, -0.1) is 0 Å². The molecule has 0 heterocycles. The summed E-state index contributed by atoms with van der Waals surface area (Å²) in [5, 5.41) is 8.23. The molecule has 7 heteroatoms. The van der Waals surface area contributed by atoms with Crippen molar-refractivity contribution < 1.29 is 27.9 Å². The Morgan fingerprint density at radius 2 is 1.63 bits per heavy atom. The number of hydrogen-bond acceptors (Lipinski definition) is 6. The van der Waals surface area contributed by atoms with E-state index >= 15 is 0 Å². The maximum absolute atomic E-state index is 10.3. The van der Waals surface area contributed by atoms with Crippen molar-refractivity contribution in [1.82, 2.24) is 0 Å². The van der Waals surface area contributed by atoms with Crippen LogP contribution in [0.1, 0.15) is 27.2 Å². The molecule has 0 saturated carbocycles. The number of rotatable bonds is 10. The zero-order chi connectivity index (χ0) is 14.9. The van der Waals surface area contributed by atoms with Crippen LogP contribution >= 0.6 is 0 Å². The van der Waals surface area contributed by atoms with Crippen molar-refractivity contribution >= 4 is 15.5 Å². The molecule has 0 fully saturated rings. The van der Waals surface area contributed by atoms with Crippen LogP contribution in [0.4, 0.5) is 0 Å². The Labute approximate surface area is 117 Å². The van der Waals surface area contributed by atoms with Crippen molar-refractivity contribution in [3.05, 3.63) is 12.7 Å². The zero-order valence-corrected chi connectivity index (χ0v) is 13.2. The highest BCUT2D eigenvalue weighted by molar-refractivity contribution is 6.36. The fraction of sp³-hybridized carbons (Fsp3) is 0.750. The number of aliphatic hydroxyl groups excluding tert-OH is 1. The van der Waals surface area contributed by atoms with E-state index in [0.717, 1.165) is 6.08 Å². The van der Waals surface area contributed by atoms with Crippen LogP contribution in [0.2, 0.25) is 0 Å². The third kappa shape index (κ3) is 17.3. The van der Waals surface area contributed by atoms with Crippen molar-refractivity contribution in [1.29, 1.82) is 0 Å². The zero-order valence-electron chi connectivity index (χ0n) is 12.1. The van der Waals surface area contributed by atoms with Crippen LogP contribution < -0.4 is 0 Å². The van der Waals surface area contributed by atoms with Gasteiger partial charge in [0, 0.05) is 38.9 Å². The first kappa shape index (κ1) is 20.6. The molecule has 0 saturated heterocycles. The lowest BCUT2D eigenvalue weighted by Gasteiger charge is -2.12. The third-order valence-electron chi connectivity index (χ3n) is 1.62. The molecule has 0 aromatic heterocycles. The maximum Gasteiger partial charge on any atom is 0.484 e. The molecule has 114 valence electrons. The summed E-state index contributed by atoms with van der Waals surface area (Å²) in [6.07, 6.45) is 1.58. The van der Waals surface area contributed by atoms with Crippen LogP contribution in [0, 0.1) is 0 Å². The molecule has 1 N–H and O–H groups in total. The SMILES string of the molecule is C=CC(=O)OCCCO.CCO[SiH](OCC)OCC. The summed E-state index contributed by atoms with van der Waals surface area (Å²) in [5.41, 5.74) is 0. The summed E-state index contributed by atoms with van der Waals surface area (Å²) < 4.78 is 20.2. The molecule has 0 radical (unpaired) electrons. The van der Waals surface area contributed by atoms with E-state index in [-0.39, 0.29) is 13.2 Å². The highest BCUT2D eigenvalue weighted by Gasteiger charge is 2.11. The van der Waals surface area contributed by atoms with E-state index in [0.29, 0.717) is 26.2 Å². The van der Waals surface area contributed by atoms with E-state index in [2.05, 4.69) is 11.3 Å². The molecule has 0 unspecified atom stereocenters. The minimum atomic E-state index is -1.73. The number of carbonyl (C=O) groups excluding carboxylic acids is 1. The minimum Gasteiger partial charge on any atom is -0.462 e. The molecular weight excluding hydrogens is 268 g/mol. The van der Waals surface area contributed by atoms with Gasteiger partial charge in [-0.1, -0.05) is 6.58 Å². The predicted molar refractivity (Wildman–Crippen MR) is 74.9 cm³/mol. The summed E-state index contributed by atoms with van der Waals surface area (Å²) in [7, 11) is -1.73. The van der Waals surface area contributed by atoms with Gasteiger partial charge in [-0.3, -0.25) is 0 Å². The Kier molecular flexibility index (Phi) is 18.7. The maximum atomic E-state index is 10.3. The van der Waals surface area contributed by atoms with Gasteiger partial charge in [-0.05, 0) is 20.8 Å². The molecule has 6 nitrogen and oxygen atoms in total. The fourth-order valence-electron chi connectivity index (χ4n) is 0.849. The Bertz CT molecular complexity index is 198. The number of carbonyl (C=O) groups is 1. The van der Waals surface area contributed by atoms with Gasteiger partial charge in [-0.2, -0.15) is 0 Å². The molecule has 19 heavy (non-hydrogen) atoms. The normalized spacial score (nSPS) is 9.74. The summed E-state index contributed by atoms with van der Waals surface area (Å²) in [6.45, 7) is 11.4. The summed E-state index contributed by atoms with van der Waals surface area (Å²) in [6, 6.07) is 0. The smallest absolute Gasteiger partial charge is 0.462 e. The Hall–Kier alpha value is -0.733. The first-order chi connectivity index (χ1) is 9.15. The van der Waals surface area contributed by atoms with E-state index in [4.69, 9.17) is 18.4 Å². The van der Waals surface area contributed by atoms with E-state index in [9.17, 15) is 4.79 Å². The molecule has 0 rings (SSSR count). The highest BCUT2D eigenvalue weighted by atomic mass is 28.3. The molecule has 0 aromatic carbocycles. The quantitative estimate of drug-likeness (QED) is 0.279. The largest absolute Gasteiger partial charge is 0.484 e. The van der Waals surface area contributed by atoms with E-state index in [1.54, 1.807) is 0 Å². The Balaban J connectivity index is 0. The summed E-state index contributed by atoms with van der Waals surface area (Å²) in [5.74, 6) is -0.441. The molecule has 0 bridgehead atoms. The van der Waals surface area contributed by atoms with Gasteiger partial charge in [0.1, 0.15) is 0 Å². The second-order valence-electron chi connectivity index (χ2n) is 3.10. The molecule has 0 aromatic rings. The van der Waals surface area contributed by atoms with Gasteiger partial charge < -0.3 is 23.1 Å². The molecule has 0 atom stereocenters. The fourth-order valence-corrected chi connectivity index (χ4v) is 1.95. The predicted octanol–water partition coefficient (Wildman–Crippen LogP) is 0.911. The van der Waals surface area contributed by atoms with Gasteiger partial charge in [0.25, 0.3) is 0 Å². The standard InChI is InChI=1S/C6H16O3Si.C6H10O3/c1-4-7-10(8-5-2)9-6-3;1-2-6(8)9-5-3-4-7/h10H,4-6H2,1-3H3;2,7H,1,3-5H2. The van der Waals surface area contributed by atoms with Crippen molar-refractivity contribution in [2.45, 2.75) is 27.2 Å². The van der Waals surface area contributed by atoms with Crippen LogP contribution in [-0.4, -0.2) is 53.6 Å². The van der Waals surface area contributed by atoms with Crippen LogP contribution in [0.15, 0.2) is 12.7 Å². The molecular formula is C12H26O6Si. The van der Waals surface area contributed by atoms with Crippen molar-refractivity contribution in [3.8, 4) is 0 Å². The molecule has 0 spiro atoms. The topological polar surface area (TPSA) is 74.2 Å². The number of hydrogen-bond donors (Lipinski definition) is 1. The van der Waals surface area contributed by atoms with Gasteiger partial charge in [0.2, 0.25) is 0 Å². The van der Waals surface area contributed by atoms with Gasteiger partial charge in [0.15, 0.2) is 0 Å². The average molecular weight is 294 g/mol. The lowest BCUT2D eigenvalue weighted by Crippen LogP contribution is -2.27. The second-order valence-corrected chi connectivity index (χ2v) is 4.68. The van der Waals surface area contributed by atoms with Crippen LogP contribution in [0.25, 0.3) is 0 Å². The van der Waals surface area contributed by atoms with Crippen molar-refractivity contribution in [2.75, 3.05) is 33.0 Å². The first-order valence-electron chi connectivity index (χ1n) is 6.40. The van der Waals surface area contributed by atoms with Crippen molar-refractivity contribution in [2.24, 2.45) is 0 Å². The number of ether oxygens (including phenoxy) is 1. The van der Waals surface area contributed by atoms with Gasteiger partial charge in [-0.25, -0.2) is 4.79 Å². The van der Waals surface area contributed by atoms with E-state index in [1.807, 2.05) is 20.8 Å². The van der Waals surface area contributed by atoms with Crippen LogP contribution in [0.3, 0.4) is 0 Å². The summed E-state index contributed by atoms with van der Waals surface area (Å²) in [4.78, 5) is 10.3. The highest BCUT2D eigenvalue weighted by Crippen LogP contribution is 1.91. The molecule has 0 aliphatic carbocycles. The number of aliphatic hydroxyl groups is 1. The minimum absolute atomic E-state index is 0.0461. The third-order valence-corrected chi connectivity index (χ3v) is 3.44. The number of esters is 1. The average Bonchev–Trinajstić information content (AvgIpc) is 2.40. The van der Waals surface area contributed by atoms with Crippen LogP contribution in [0.5, 0.6) is 0 Å². The Morgan fingerprint density at radius 3 is 1.95 bits per heavy atom. The second kappa shape index (κ2) is 17.3. The first-order valence-corrected chi connectivity index (χ1v) is 7.82. The van der Waals surface area contributed by atoms with E-state index in [1.165, 1.54) is 0 Å².